The summed E-state index contributed by atoms with van der Waals surface area (Å²) in [5.74, 6) is 1.71. The van der Waals surface area contributed by atoms with E-state index < -0.39 is 11.1 Å². The van der Waals surface area contributed by atoms with Crippen molar-refractivity contribution in [2.45, 2.75) is 24.2 Å². The van der Waals surface area contributed by atoms with Crippen molar-refractivity contribution in [2.75, 3.05) is 0 Å². The number of hydrogen-bond acceptors (Lipinski definition) is 2. The van der Waals surface area contributed by atoms with Crippen LogP contribution in [0.2, 0.25) is 0 Å². The van der Waals surface area contributed by atoms with Gasteiger partial charge in [-0.25, -0.2) is 4.21 Å². The van der Waals surface area contributed by atoms with E-state index >= 15 is 0 Å². The van der Waals surface area contributed by atoms with E-state index in [0.717, 1.165) is 36.3 Å². The van der Waals surface area contributed by atoms with Crippen LogP contribution in [0, 0.1) is 0 Å². The quantitative estimate of drug-likeness (QED) is 0.777. The second kappa shape index (κ2) is 4.13. The number of allylic oxidation sites excluding steroid dienone is 2. The van der Waals surface area contributed by atoms with Gasteiger partial charge in [-0.2, -0.15) is 0 Å². The van der Waals surface area contributed by atoms with Gasteiger partial charge in [0.15, 0.2) is 11.1 Å². The third kappa shape index (κ3) is 1.94. The molecular formula is C13H12O3S. The van der Waals surface area contributed by atoms with Gasteiger partial charge >= 0.3 is 0 Å². The first-order chi connectivity index (χ1) is 8.24. The molecule has 1 aliphatic carbocycles. The maximum Gasteiger partial charge on any atom is 0.186 e. The zero-order chi connectivity index (χ0) is 11.8. The lowest BCUT2D eigenvalue weighted by molar-refractivity contribution is 0.415. The maximum atomic E-state index is 11.0. The number of benzene rings is 1. The van der Waals surface area contributed by atoms with Crippen LogP contribution in [-0.4, -0.2) is 8.76 Å². The minimum absolute atomic E-state index is 0.410. The van der Waals surface area contributed by atoms with E-state index in [1.165, 1.54) is 5.57 Å². The van der Waals surface area contributed by atoms with Crippen molar-refractivity contribution >= 4 is 17.2 Å². The molecule has 3 nitrogen and oxygen atoms in total. The Labute approximate surface area is 102 Å². The summed E-state index contributed by atoms with van der Waals surface area (Å²) in [4.78, 5) is 0.410. The Hall–Kier alpha value is -1.39. The van der Waals surface area contributed by atoms with Crippen molar-refractivity contribution < 1.29 is 13.5 Å². The molecule has 0 saturated carbocycles. The van der Waals surface area contributed by atoms with Gasteiger partial charge in [0, 0.05) is 5.56 Å². The largest absolute Gasteiger partial charge is 0.457 e. The lowest BCUT2D eigenvalue weighted by Gasteiger charge is -2.23. The lowest BCUT2D eigenvalue weighted by atomic mass is 9.95. The molecule has 4 heteroatoms. The second-order valence-electron chi connectivity index (χ2n) is 4.18. The Balaban J connectivity index is 2.08. The molecule has 1 heterocycles. The molecule has 0 bridgehead atoms. The van der Waals surface area contributed by atoms with Gasteiger partial charge in [0.05, 0.1) is 4.90 Å². The number of hydrogen-bond donors (Lipinski definition) is 1. The Kier molecular flexibility index (Phi) is 2.61. The molecule has 88 valence electrons. The molecular weight excluding hydrogens is 236 g/mol. The maximum absolute atomic E-state index is 11.0. The van der Waals surface area contributed by atoms with E-state index in [4.69, 9.17) is 9.29 Å². The number of fused-ring (bicyclic) bond motifs is 2. The molecule has 0 amide bonds. The van der Waals surface area contributed by atoms with Gasteiger partial charge in [0.25, 0.3) is 0 Å². The minimum Gasteiger partial charge on any atom is -0.457 e. The highest BCUT2D eigenvalue weighted by molar-refractivity contribution is 7.79. The van der Waals surface area contributed by atoms with Gasteiger partial charge in [-0.1, -0.05) is 0 Å². The van der Waals surface area contributed by atoms with E-state index in [1.807, 2.05) is 0 Å². The predicted octanol–water partition coefficient (Wildman–Crippen LogP) is 3.11. The van der Waals surface area contributed by atoms with Crippen LogP contribution in [0.1, 0.15) is 24.8 Å². The second-order valence-corrected chi connectivity index (χ2v) is 5.15. The van der Waals surface area contributed by atoms with Crippen molar-refractivity contribution in [2.24, 2.45) is 0 Å². The molecule has 0 saturated heterocycles. The van der Waals surface area contributed by atoms with E-state index in [1.54, 1.807) is 18.2 Å². The molecule has 1 aromatic carbocycles. The average Bonchev–Trinajstić information content (AvgIpc) is 2.35. The smallest absolute Gasteiger partial charge is 0.186 e. The van der Waals surface area contributed by atoms with E-state index in [2.05, 4.69) is 12.2 Å². The summed E-state index contributed by atoms with van der Waals surface area (Å²) >= 11 is -1.94. The van der Waals surface area contributed by atoms with Crippen LogP contribution in [-0.2, 0) is 11.1 Å². The van der Waals surface area contributed by atoms with Crippen LogP contribution in [0.25, 0.3) is 6.08 Å². The molecule has 17 heavy (non-hydrogen) atoms. The summed E-state index contributed by atoms with van der Waals surface area (Å²) in [5, 5.41) is 0. The first-order valence-corrected chi connectivity index (χ1v) is 6.68. The van der Waals surface area contributed by atoms with Crippen molar-refractivity contribution in [1.82, 2.24) is 0 Å². The van der Waals surface area contributed by atoms with Crippen molar-refractivity contribution in [3.63, 3.8) is 0 Å². The highest BCUT2D eigenvalue weighted by atomic mass is 32.2. The lowest BCUT2D eigenvalue weighted by Crippen LogP contribution is -2.09. The molecule has 2 aliphatic rings. The Morgan fingerprint density at radius 1 is 1.35 bits per heavy atom. The monoisotopic (exact) mass is 248 g/mol. The number of rotatable bonds is 1. The zero-order valence-electron chi connectivity index (χ0n) is 9.18. The van der Waals surface area contributed by atoms with Crippen LogP contribution in [0.3, 0.4) is 0 Å². The molecule has 3 rings (SSSR count). The standard InChI is InChI=1S/C13H12O3S/c14-17(15)11-5-6-13-10(8-11)7-9-3-1-2-4-12(9)16-13/h4-8H,1-3H2,(H,14,15). The van der Waals surface area contributed by atoms with E-state index in [0.29, 0.717) is 4.90 Å². The van der Waals surface area contributed by atoms with Crippen LogP contribution < -0.4 is 4.74 Å². The predicted molar refractivity (Wildman–Crippen MR) is 66.0 cm³/mol. The molecule has 1 aromatic rings. The summed E-state index contributed by atoms with van der Waals surface area (Å²) < 4.78 is 25.8. The normalized spacial score (nSPS) is 19.4. The molecule has 1 unspecified atom stereocenters. The summed E-state index contributed by atoms with van der Waals surface area (Å²) in [5.41, 5.74) is 2.07. The topological polar surface area (TPSA) is 46.5 Å². The minimum atomic E-state index is -1.94. The molecule has 0 radical (unpaired) electrons. The number of ether oxygens (including phenoxy) is 1. The third-order valence-corrected chi connectivity index (χ3v) is 3.69. The van der Waals surface area contributed by atoms with Gasteiger partial charge in [-0.3, -0.25) is 0 Å². The van der Waals surface area contributed by atoms with Gasteiger partial charge in [0.1, 0.15) is 11.5 Å². The molecule has 1 aliphatic heterocycles. The van der Waals surface area contributed by atoms with Crippen molar-refractivity contribution in [3.05, 3.63) is 41.2 Å². The molecule has 0 spiro atoms. The fourth-order valence-electron chi connectivity index (χ4n) is 2.18. The van der Waals surface area contributed by atoms with Crippen molar-refractivity contribution in [1.29, 1.82) is 0 Å². The molecule has 0 fully saturated rings. The van der Waals surface area contributed by atoms with E-state index in [-0.39, 0.29) is 0 Å². The highest BCUT2D eigenvalue weighted by Gasteiger charge is 2.19. The SMILES string of the molecule is O=S(O)c1ccc2c(c1)C=C1CCCC=C1O2. The molecule has 1 N–H and O–H groups in total. The van der Waals surface area contributed by atoms with Crippen molar-refractivity contribution in [3.8, 4) is 5.75 Å². The van der Waals surface area contributed by atoms with E-state index in [9.17, 15) is 4.21 Å². The Bertz CT molecular complexity index is 558. The summed E-state index contributed by atoms with van der Waals surface area (Å²) in [6.07, 6.45) is 7.37. The van der Waals surface area contributed by atoms with Gasteiger partial charge < -0.3 is 9.29 Å². The average molecular weight is 248 g/mol. The molecule has 0 aromatic heterocycles. The van der Waals surface area contributed by atoms with Crippen LogP contribution in [0.4, 0.5) is 0 Å². The first kappa shape index (κ1) is 10.7. The first-order valence-electron chi connectivity index (χ1n) is 5.58. The highest BCUT2D eigenvalue weighted by Crippen LogP contribution is 2.36. The Morgan fingerprint density at radius 2 is 2.24 bits per heavy atom. The van der Waals surface area contributed by atoms with Gasteiger partial charge in [-0.05, 0) is 55.2 Å². The molecule has 1 atom stereocenters. The van der Waals surface area contributed by atoms with Gasteiger partial charge in [0.2, 0.25) is 0 Å². The van der Waals surface area contributed by atoms with Gasteiger partial charge in [-0.15, -0.1) is 0 Å². The third-order valence-electron chi connectivity index (χ3n) is 3.03. The zero-order valence-corrected chi connectivity index (χ0v) is 10.00. The summed E-state index contributed by atoms with van der Waals surface area (Å²) in [6, 6.07) is 5.09. The summed E-state index contributed by atoms with van der Waals surface area (Å²) in [7, 11) is 0. The van der Waals surface area contributed by atoms with Crippen LogP contribution in [0.15, 0.2) is 40.5 Å². The fraction of sp³-hybridized carbons (Fsp3) is 0.231. The Morgan fingerprint density at radius 3 is 3.06 bits per heavy atom. The van der Waals surface area contributed by atoms with Crippen LogP contribution >= 0.6 is 0 Å². The van der Waals surface area contributed by atoms with Crippen LogP contribution in [0.5, 0.6) is 5.75 Å². The summed E-state index contributed by atoms with van der Waals surface area (Å²) in [6.45, 7) is 0. The fourth-order valence-corrected chi connectivity index (χ4v) is 2.59.